The van der Waals surface area contributed by atoms with Gasteiger partial charge in [-0.1, -0.05) is 0 Å². The molecule has 0 spiro atoms. The fourth-order valence-electron chi connectivity index (χ4n) is 1.29. The molecule has 0 aliphatic heterocycles. The Morgan fingerprint density at radius 1 is 1.42 bits per heavy atom. The summed E-state index contributed by atoms with van der Waals surface area (Å²) in [5.41, 5.74) is 3.28. The maximum atomic E-state index is 9.89. The molecule has 0 radical (unpaired) electrons. The van der Waals surface area contributed by atoms with E-state index in [1.165, 1.54) is 10.9 Å². The van der Waals surface area contributed by atoms with Crippen LogP contribution in [0.5, 0.6) is 5.75 Å². The largest absolute Gasteiger partial charge is 0.506 e. The second-order valence-corrected chi connectivity index (χ2v) is 6.04. The zero-order chi connectivity index (χ0) is 14.0. The molecule has 7 nitrogen and oxygen atoms in total. The molecule has 0 bridgehead atoms. The molecule has 1 heterocycles. The molecule has 19 heavy (non-hydrogen) atoms. The van der Waals surface area contributed by atoms with E-state index in [0.717, 1.165) is 7.14 Å². The van der Waals surface area contributed by atoms with Crippen molar-refractivity contribution in [3.63, 3.8) is 0 Å². The average molecular weight is 484 g/mol. The predicted octanol–water partition coefficient (Wildman–Crippen LogP) is 1.66. The summed E-state index contributed by atoms with van der Waals surface area (Å²) in [5, 5.41) is 21.5. The van der Waals surface area contributed by atoms with E-state index in [9.17, 15) is 5.11 Å². The number of phenols is 1. The number of aryl methyl sites for hydroxylation is 1. The van der Waals surface area contributed by atoms with Gasteiger partial charge in [0.15, 0.2) is 5.82 Å². The van der Waals surface area contributed by atoms with Gasteiger partial charge in [0.25, 0.3) is 5.95 Å². The van der Waals surface area contributed by atoms with Crippen molar-refractivity contribution < 1.29 is 5.11 Å². The van der Waals surface area contributed by atoms with Gasteiger partial charge in [-0.25, -0.2) is 10.1 Å². The SMILES string of the molecule is Cc1nnc(N/N=C\c2cc(I)cc(I)c2O)n1N. The number of nitrogen functional groups attached to an aromatic ring is 1. The minimum atomic E-state index is 0.192. The number of hydrogen-bond acceptors (Lipinski definition) is 6. The third-order valence-electron chi connectivity index (χ3n) is 2.29. The van der Waals surface area contributed by atoms with Crippen LogP contribution in [-0.2, 0) is 0 Å². The number of benzene rings is 1. The van der Waals surface area contributed by atoms with Gasteiger partial charge >= 0.3 is 0 Å². The summed E-state index contributed by atoms with van der Waals surface area (Å²) in [6, 6.07) is 3.70. The molecule has 0 amide bonds. The fraction of sp³-hybridized carbons (Fsp3) is 0.100. The molecule has 0 atom stereocenters. The number of halogens is 2. The highest BCUT2D eigenvalue weighted by Crippen LogP contribution is 2.25. The normalized spacial score (nSPS) is 11.1. The van der Waals surface area contributed by atoms with E-state index in [1.54, 1.807) is 6.92 Å². The van der Waals surface area contributed by atoms with Crippen LogP contribution in [0.3, 0.4) is 0 Å². The van der Waals surface area contributed by atoms with Crippen LogP contribution in [0.4, 0.5) is 5.95 Å². The zero-order valence-corrected chi connectivity index (χ0v) is 14.1. The van der Waals surface area contributed by atoms with Crippen molar-refractivity contribution in [3.05, 3.63) is 30.7 Å². The Morgan fingerprint density at radius 2 is 2.16 bits per heavy atom. The van der Waals surface area contributed by atoms with Crippen molar-refractivity contribution in [1.29, 1.82) is 0 Å². The van der Waals surface area contributed by atoms with Crippen LogP contribution in [0, 0.1) is 14.1 Å². The maximum absolute atomic E-state index is 9.89. The van der Waals surface area contributed by atoms with Crippen LogP contribution in [0.15, 0.2) is 17.2 Å². The summed E-state index contributed by atoms with van der Waals surface area (Å²) in [5.74, 6) is 6.76. The topological polar surface area (TPSA) is 101 Å². The second-order valence-electron chi connectivity index (χ2n) is 3.64. The van der Waals surface area contributed by atoms with E-state index in [2.05, 4.69) is 65.9 Å². The third-order valence-corrected chi connectivity index (χ3v) is 3.74. The van der Waals surface area contributed by atoms with E-state index in [0.29, 0.717) is 17.3 Å². The van der Waals surface area contributed by atoms with Crippen molar-refractivity contribution in [2.45, 2.75) is 6.92 Å². The molecule has 4 N–H and O–H groups in total. The number of aromatic nitrogens is 3. The lowest BCUT2D eigenvalue weighted by molar-refractivity contribution is 0.470. The van der Waals surface area contributed by atoms with E-state index >= 15 is 0 Å². The van der Waals surface area contributed by atoms with Gasteiger partial charge in [-0.05, 0) is 64.2 Å². The number of rotatable bonds is 3. The number of nitrogens with one attached hydrogen (secondary N) is 1. The number of hydrazone groups is 1. The van der Waals surface area contributed by atoms with Crippen molar-refractivity contribution in [2.75, 3.05) is 11.3 Å². The van der Waals surface area contributed by atoms with Crippen molar-refractivity contribution in [2.24, 2.45) is 5.10 Å². The van der Waals surface area contributed by atoms with E-state index < -0.39 is 0 Å². The number of aromatic hydroxyl groups is 1. The molecule has 9 heteroatoms. The number of nitrogens with two attached hydrogens (primary N) is 1. The summed E-state index contributed by atoms with van der Waals surface area (Å²) in [7, 11) is 0. The van der Waals surface area contributed by atoms with Gasteiger partial charge in [0.2, 0.25) is 0 Å². The summed E-state index contributed by atoms with van der Waals surface area (Å²) in [6.07, 6.45) is 1.50. The standard InChI is InChI=1S/C10H10I2N6O/c1-5-15-17-10(18(5)13)16-14-4-6-2-7(11)3-8(12)9(6)19/h2-4,19H,13H2,1H3,(H,16,17)/b14-4-. The first kappa shape index (κ1) is 14.3. The highest BCUT2D eigenvalue weighted by Gasteiger charge is 2.06. The first-order chi connectivity index (χ1) is 8.99. The highest BCUT2D eigenvalue weighted by molar-refractivity contribution is 14.1. The molecule has 2 aromatic rings. The first-order valence-electron chi connectivity index (χ1n) is 5.13. The number of hydrogen-bond donors (Lipinski definition) is 3. The predicted molar refractivity (Wildman–Crippen MR) is 89.7 cm³/mol. The molecule has 0 aliphatic rings. The quantitative estimate of drug-likeness (QED) is 0.267. The smallest absolute Gasteiger partial charge is 0.263 e. The Morgan fingerprint density at radius 3 is 2.79 bits per heavy atom. The molecule has 0 saturated carbocycles. The lowest BCUT2D eigenvalue weighted by atomic mass is 10.2. The minimum absolute atomic E-state index is 0.192. The van der Waals surface area contributed by atoms with Crippen molar-refractivity contribution in [3.8, 4) is 5.75 Å². The Bertz CT molecular complexity index is 639. The van der Waals surface area contributed by atoms with Crippen molar-refractivity contribution >= 4 is 57.3 Å². The van der Waals surface area contributed by atoms with Crippen LogP contribution in [0.1, 0.15) is 11.4 Å². The number of anilines is 1. The second kappa shape index (κ2) is 5.90. The van der Waals surface area contributed by atoms with Crippen LogP contribution < -0.4 is 11.3 Å². The van der Waals surface area contributed by atoms with Crippen LogP contribution >= 0.6 is 45.2 Å². The van der Waals surface area contributed by atoms with Crippen LogP contribution in [0.25, 0.3) is 0 Å². The Kier molecular flexibility index (Phi) is 4.44. The summed E-state index contributed by atoms with van der Waals surface area (Å²) >= 11 is 4.24. The molecule has 0 aliphatic carbocycles. The third kappa shape index (κ3) is 3.26. The first-order valence-corrected chi connectivity index (χ1v) is 7.29. The molecular formula is C10H10I2N6O. The Balaban J connectivity index is 2.18. The highest BCUT2D eigenvalue weighted by atomic mass is 127. The van der Waals surface area contributed by atoms with Gasteiger partial charge in [0, 0.05) is 9.13 Å². The van der Waals surface area contributed by atoms with Gasteiger partial charge < -0.3 is 10.9 Å². The van der Waals surface area contributed by atoms with E-state index in [1.807, 2.05) is 12.1 Å². The summed E-state index contributed by atoms with van der Waals surface area (Å²) < 4.78 is 3.07. The van der Waals surface area contributed by atoms with E-state index in [-0.39, 0.29) is 5.75 Å². The number of phenolic OH excluding ortho intramolecular Hbond substituents is 1. The molecule has 100 valence electrons. The molecular weight excluding hydrogens is 474 g/mol. The Hall–Kier alpha value is -1.11. The van der Waals surface area contributed by atoms with Gasteiger partial charge in [-0.15, -0.1) is 10.2 Å². The summed E-state index contributed by atoms with van der Waals surface area (Å²) in [6.45, 7) is 1.73. The zero-order valence-electron chi connectivity index (χ0n) is 9.80. The average Bonchev–Trinajstić information content (AvgIpc) is 2.67. The molecule has 1 aromatic heterocycles. The molecule has 0 saturated heterocycles. The molecule has 0 unspecified atom stereocenters. The molecule has 0 fully saturated rings. The lowest BCUT2D eigenvalue weighted by Gasteiger charge is -2.03. The Labute approximate surface area is 136 Å². The van der Waals surface area contributed by atoms with Gasteiger partial charge in [0.1, 0.15) is 5.75 Å². The lowest BCUT2D eigenvalue weighted by Crippen LogP contribution is -2.13. The number of nitrogens with zero attached hydrogens (tertiary/aromatic N) is 4. The monoisotopic (exact) mass is 484 g/mol. The molecule has 1 aromatic carbocycles. The summed E-state index contributed by atoms with van der Waals surface area (Å²) in [4.78, 5) is 0. The van der Waals surface area contributed by atoms with Crippen LogP contribution in [0.2, 0.25) is 0 Å². The van der Waals surface area contributed by atoms with Gasteiger partial charge in [-0.3, -0.25) is 0 Å². The van der Waals surface area contributed by atoms with Gasteiger partial charge in [-0.2, -0.15) is 5.10 Å². The van der Waals surface area contributed by atoms with E-state index in [4.69, 9.17) is 5.84 Å². The molecule has 2 rings (SSSR count). The minimum Gasteiger partial charge on any atom is -0.506 e. The van der Waals surface area contributed by atoms with Gasteiger partial charge in [0.05, 0.1) is 9.78 Å². The van der Waals surface area contributed by atoms with Crippen LogP contribution in [-0.4, -0.2) is 26.2 Å². The van der Waals surface area contributed by atoms with Crippen molar-refractivity contribution in [1.82, 2.24) is 14.9 Å². The maximum Gasteiger partial charge on any atom is 0.263 e. The fourth-order valence-corrected chi connectivity index (χ4v) is 3.18.